The lowest BCUT2D eigenvalue weighted by molar-refractivity contribution is -0.384. The number of hydrogen-bond donors (Lipinski definition) is 1. The van der Waals surface area contributed by atoms with Crippen LogP contribution in [0.25, 0.3) is 0 Å². The molecule has 1 aromatic carbocycles. The Morgan fingerprint density at radius 3 is 2.86 bits per heavy atom. The highest BCUT2D eigenvalue weighted by Crippen LogP contribution is 2.28. The first-order valence-corrected chi connectivity index (χ1v) is 6.82. The van der Waals surface area contributed by atoms with Crippen LogP contribution in [0.15, 0.2) is 18.2 Å². The average Bonchev–Trinajstić information content (AvgIpc) is 2.82. The van der Waals surface area contributed by atoms with E-state index in [0.717, 1.165) is 0 Å². The van der Waals surface area contributed by atoms with E-state index in [1.807, 2.05) is 6.92 Å². The van der Waals surface area contributed by atoms with Gasteiger partial charge in [-0.15, -0.1) is 0 Å². The van der Waals surface area contributed by atoms with E-state index in [-0.39, 0.29) is 28.9 Å². The second-order valence-electron chi connectivity index (χ2n) is 4.75. The van der Waals surface area contributed by atoms with E-state index in [1.54, 1.807) is 4.90 Å². The Kier molecular flexibility index (Phi) is 4.42. The standard InChI is InChI=1S/C13H14ClN3O4/c1-2-16-7-8(5-12(16)18)13(19)15-9-3-4-10(14)11(6-9)17(20)21/h3-4,6,8H,2,5,7H2,1H3,(H,15,19). The van der Waals surface area contributed by atoms with Gasteiger partial charge in [-0.2, -0.15) is 0 Å². The summed E-state index contributed by atoms with van der Waals surface area (Å²) < 4.78 is 0. The molecule has 1 aromatic rings. The van der Waals surface area contributed by atoms with Gasteiger partial charge in [0.1, 0.15) is 5.02 Å². The fraction of sp³-hybridized carbons (Fsp3) is 0.385. The predicted molar refractivity (Wildman–Crippen MR) is 77.1 cm³/mol. The second-order valence-corrected chi connectivity index (χ2v) is 5.15. The van der Waals surface area contributed by atoms with Crippen LogP contribution >= 0.6 is 11.6 Å². The summed E-state index contributed by atoms with van der Waals surface area (Å²) in [6, 6.07) is 4.05. The first kappa shape index (κ1) is 15.2. The molecule has 1 N–H and O–H groups in total. The molecule has 2 amide bonds. The van der Waals surface area contributed by atoms with Gasteiger partial charge in [0.25, 0.3) is 5.69 Å². The number of anilines is 1. The maximum atomic E-state index is 12.1. The number of hydrogen-bond acceptors (Lipinski definition) is 4. The van der Waals surface area contributed by atoms with Crippen LogP contribution < -0.4 is 5.32 Å². The van der Waals surface area contributed by atoms with Crippen molar-refractivity contribution in [2.75, 3.05) is 18.4 Å². The molecule has 7 nitrogen and oxygen atoms in total. The van der Waals surface area contributed by atoms with E-state index < -0.39 is 10.8 Å². The first-order valence-electron chi connectivity index (χ1n) is 6.45. The van der Waals surface area contributed by atoms with Crippen LogP contribution in [0.1, 0.15) is 13.3 Å². The van der Waals surface area contributed by atoms with E-state index in [1.165, 1.54) is 18.2 Å². The lowest BCUT2D eigenvalue weighted by Crippen LogP contribution is -2.28. The molecule has 112 valence electrons. The molecule has 8 heteroatoms. The normalized spacial score (nSPS) is 17.9. The number of benzene rings is 1. The van der Waals surface area contributed by atoms with E-state index >= 15 is 0 Å². The molecule has 1 atom stereocenters. The fourth-order valence-electron chi connectivity index (χ4n) is 2.23. The molecule has 2 rings (SSSR count). The Morgan fingerprint density at radius 1 is 1.57 bits per heavy atom. The summed E-state index contributed by atoms with van der Waals surface area (Å²) in [4.78, 5) is 35.5. The molecule has 1 aliphatic rings. The Balaban J connectivity index is 2.09. The minimum absolute atomic E-state index is 0.00574. The van der Waals surface area contributed by atoms with Crippen LogP contribution in [0.2, 0.25) is 5.02 Å². The SMILES string of the molecule is CCN1CC(C(=O)Nc2ccc(Cl)c([N+](=O)[O-])c2)CC1=O. The van der Waals surface area contributed by atoms with Crippen LogP contribution in [0, 0.1) is 16.0 Å². The van der Waals surface area contributed by atoms with Crippen LogP contribution in [0.4, 0.5) is 11.4 Å². The summed E-state index contributed by atoms with van der Waals surface area (Å²) in [5, 5.41) is 13.4. The molecule has 1 fully saturated rings. The zero-order valence-corrected chi connectivity index (χ0v) is 12.1. The topological polar surface area (TPSA) is 92.6 Å². The molecule has 0 radical (unpaired) electrons. The van der Waals surface area contributed by atoms with E-state index in [4.69, 9.17) is 11.6 Å². The molecule has 0 saturated carbocycles. The second kappa shape index (κ2) is 6.09. The molecule has 21 heavy (non-hydrogen) atoms. The van der Waals surface area contributed by atoms with Gasteiger partial charge < -0.3 is 10.2 Å². The number of halogens is 1. The van der Waals surface area contributed by atoms with Gasteiger partial charge in [0.2, 0.25) is 11.8 Å². The highest BCUT2D eigenvalue weighted by molar-refractivity contribution is 6.32. The Labute approximate surface area is 126 Å². The zero-order valence-electron chi connectivity index (χ0n) is 11.3. The Morgan fingerprint density at radius 2 is 2.29 bits per heavy atom. The van der Waals surface area contributed by atoms with Crippen molar-refractivity contribution in [3.8, 4) is 0 Å². The minimum atomic E-state index is -0.615. The number of nitrogens with one attached hydrogen (secondary N) is 1. The van der Waals surface area contributed by atoms with Crippen molar-refractivity contribution in [2.45, 2.75) is 13.3 Å². The summed E-state index contributed by atoms with van der Waals surface area (Å²) in [5.41, 5.74) is 0.0191. The molecule has 0 bridgehead atoms. The average molecular weight is 312 g/mol. The van der Waals surface area contributed by atoms with Gasteiger partial charge >= 0.3 is 0 Å². The number of amides is 2. The molecule has 0 aromatic heterocycles. The predicted octanol–water partition coefficient (Wildman–Crippen LogP) is 2.06. The number of rotatable bonds is 4. The third kappa shape index (κ3) is 3.30. The zero-order chi connectivity index (χ0) is 15.6. The van der Waals surface area contributed by atoms with E-state index in [9.17, 15) is 19.7 Å². The molecule has 1 unspecified atom stereocenters. The van der Waals surface area contributed by atoms with Crippen LogP contribution in [-0.2, 0) is 9.59 Å². The maximum Gasteiger partial charge on any atom is 0.289 e. The quantitative estimate of drug-likeness (QED) is 0.680. The number of likely N-dealkylation sites (tertiary alicyclic amines) is 1. The van der Waals surface area contributed by atoms with Crippen molar-refractivity contribution in [3.05, 3.63) is 33.3 Å². The molecule has 0 aliphatic carbocycles. The largest absolute Gasteiger partial charge is 0.342 e. The van der Waals surface area contributed by atoms with Gasteiger partial charge in [-0.05, 0) is 19.1 Å². The van der Waals surface area contributed by atoms with Crippen LogP contribution in [0.5, 0.6) is 0 Å². The van der Waals surface area contributed by atoms with Gasteiger partial charge in [0, 0.05) is 31.3 Å². The molecule has 0 spiro atoms. The van der Waals surface area contributed by atoms with Crippen molar-refractivity contribution >= 4 is 34.8 Å². The summed E-state index contributed by atoms with van der Waals surface area (Å²) >= 11 is 5.71. The summed E-state index contributed by atoms with van der Waals surface area (Å²) in [5.74, 6) is -0.817. The van der Waals surface area contributed by atoms with Gasteiger partial charge in [-0.3, -0.25) is 19.7 Å². The lowest BCUT2D eigenvalue weighted by atomic mass is 10.1. The first-order chi connectivity index (χ1) is 9.92. The van der Waals surface area contributed by atoms with Gasteiger partial charge in [-0.1, -0.05) is 11.6 Å². The fourth-order valence-corrected chi connectivity index (χ4v) is 2.41. The molecule has 1 heterocycles. The van der Waals surface area contributed by atoms with Crippen molar-refractivity contribution in [3.63, 3.8) is 0 Å². The summed E-state index contributed by atoms with van der Waals surface area (Å²) in [7, 11) is 0. The third-order valence-corrected chi connectivity index (χ3v) is 3.70. The molecule has 1 saturated heterocycles. The number of carbonyl (C=O) groups excluding carboxylic acids is 2. The summed E-state index contributed by atoms with van der Waals surface area (Å²) in [6.07, 6.45) is 0.162. The van der Waals surface area contributed by atoms with Crippen LogP contribution in [0.3, 0.4) is 0 Å². The number of nitro groups is 1. The van der Waals surface area contributed by atoms with Crippen molar-refractivity contribution in [1.29, 1.82) is 0 Å². The monoisotopic (exact) mass is 311 g/mol. The van der Waals surface area contributed by atoms with Gasteiger partial charge in [-0.25, -0.2) is 0 Å². The van der Waals surface area contributed by atoms with Gasteiger partial charge in [0.15, 0.2) is 0 Å². The highest BCUT2D eigenvalue weighted by Gasteiger charge is 2.33. The Hall–Kier alpha value is -2.15. The highest BCUT2D eigenvalue weighted by atomic mass is 35.5. The van der Waals surface area contributed by atoms with E-state index in [0.29, 0.717) is 18.8 Å². The maximum absolute atomic E-state index is 12.1. The molecular weight excluding hydrogens is 298 g/mol. The van der Waals surface area contributed by atoms with Gasteiger partial charge in [0.05, 0.1) is 10.8 Å². The minimum Gasteiger partial charge on any atom is -0.342 e. The lowest BCUT2D eigenvalue weighted by Gasteiger charge is -2.13. The van der Waals surface area contributed by atoms with E-state index in [2.05, 4.69) is 5.32 Å². The molecule has 1 aliphatic heterocycles. The summed E-state index contributed by atoms with van der Waals surface area (Å²) in [6.45, 7) is 2.78. The Bertz CT molecular complexity index is 605. The van der Waals surface area contributed by atoms with Crippen LogP contribution in [-0.4, -0.2) is 34.7 Å². The third-order valence-electron chi connectivity index (χ3n) is 3.38. The smallest absolute Gasteiger partial charge is 0.289 e. The molecular formula is C13H14ClN3O4. The number of nitro benzene ring substituents is 1. The van der Waals surface area contributed by atoms with Crippen molar-refractivity contribution in [2.24, 2.45) is 5.92 Å². The van der Waals surface area contributed by atoms with Crippen molar-refractivity contribution < 1.29 is 14.5 Å². The van der Waals surface area contributed by atoms with Crippen molar-refractivity contribution in [1.82, 2.24) is 4.90 Å². The number of carbonyl (C=O) groups is 2. The number of nitrogens with zero attached hydrogens (tertiary/aromatic N) is 2.